The SMILES string of the molecule is C.Cc1ccc(N2CCC(CCC(=O)N3CC[C@H](Nc4ccc([N+](=O)[O-])c(C(F)(F)F)c4)C3)CC2)cc1. The monoisotopic (exact) mass is 520 g/mol. The van der Waals surface area contributed by atoms with Crippen LogP contribution in [0.5, 0.6) is 0 Å². The maximum absolute atomic E-state index is 13.2. The number of amides is 1. The van der Waals surface area contributed by atoms with Crippen LogP contribution in [0.4, 0.5) is 30.2 Å². The third kappa shape index (κ3) is 7.14. The number of piperidine rings is 1. The molecule has 10 heteroatoms. The van der Waals surface area contributed by atoms with Crippen LogP contribution in [0.15, 0.2) is 42.5 Å². The Hall–Kier alpha value is -3.30. The third-order valence-electron chi connectivity index (χ3n) is 7.19. The Bertz CT molecular complexity index is 1080. The first kappa shape index (κ1) is 28.3. The van der Waals surface area contributed by atoms with Gasteiger partial charge in [0.05, 0.1) is 4.92 Å². The smallest absolute Gasteiger partial charge is 0.380 e. The first-order valence-corrected chi connectivity index (χ1v) is 12.3. The summed E-state index contributed by atoms with van der Waals surface area (Å²) in [7, 11) is 0. The number of aryl methyl sites for hydroxylation is 1. The number of halogens is 3. The van der Waals surface area contributed by atoms with Crippen LogP contribution in [0.1, 0.15) is 50.7 Å². The Morgan fingerprint density at radius 1 is 1.08 bits per heavy atom. The topological polar surface area (TPSA) is 78.7 Å². The van der Waals surface area contributed by atoms with Gasteiger partial charge in [0.2, 0.25) is 5.91 Å². The van der Waals surface area contributed by atoms with Gasteiger partial charge in [-0.25, -0.2) is 0 Å². The van der Waals surface area contributed by atoms with Crippen molar-refractivity contribution in [2.75, 3.05) is 36.4 Å². The number of anilines is 2. The zero-order valence-electron chi connectivity index (χ0n) is 20.3. The number of alkyl halides is 3. The van der Waals surface area contributed by atoms with Crippen molar-refractivity contribution in [3.63, 3.8) is 0 Å². The molecule has 2 aromatic rings. The van der Waals surface area contributed by atoms with Crippen LogP contribution in [-0.2, 0) is 11.0 Å². The van der Waals surface area contributed by atoms with Gasteiger partial charge in [0, 0.05) is 56.1 Å². The maximum atomic E-state index is 13.2. The lowest BCUT2D eigenvalue weighted by Crippen LogP contribution is -2.35. The number of hydrogen-bond acceptors (Lipinski definition) is 5. The molecule has 202 valence electrons. The van der Waals surface area contributed by atoms with E-state index in [-0.39, 0.29) is 25.1 Å². The number of nitro benzene ring substituents is 1. The van der Waals surface area contributed by atoms with E-state index in [2.05, 4.69) is 41.4 Å². The molecular weight excluding hydrogens is 485 g/mol. The molecule has 2 aliphatic rings. The lowest BCUT2D eigenvalue weighted by atomic mass is 9.91. The summed E-state index contributed by atoms with van der Waals surface area (Å²) in [6, 6.07) is 11.3. The number of carbonyl (C=O) groups is 1. The summed E-state index contributed by atoms with van der Waals surface area (Å²) >= 11 is 0. The fourth-order valence-electron chi connectivity index (χ4n) is 5.07. The van der Waals surface area contributed by atoms with Crippen molar-refractivity contribution in [2.45, 2.75) is 58.7 Å². The van der Waals surface area contributed by atoms with Crippen molar-refractivity contribution >= 4 is 23.0 Å². The minimum atomic E-state index is -4.83. The summed E-state index contributed by atoms with van der Waals surface area (Å²) in [4.78, 5) is 26.8. The van der Waals surface area contributed by atoms with Gasteiger partial charge in [-0.15, -0.1) is 0 Å². The number of nitro groups is 1. The molecule has 0 aromatic heterocycles. The highest BCUT2D eigenvalue weighted by Gasteiger charge is 2.38. The van der Waals surface area contributed by atoms with E-state index in [9.17, 15) is 28.1 Å². The molecular formula is C27H35F3N4O3. The van der Waals surface area contributed by atoms with Crippen LogP contribution >= 0.6 is 0 Å². The van der Waals surface area contributed by atoms with E-state index in [1.807, 2.05) is 0 Å². The van der Waals surface area contributed by atoms with Gasteiger partial charge in [-0.05, 0) is 62.8 Å². The average molecular weight is 521 g/mol. The summed E-state index contributed by atoms with van der Waals surface area (Å²) in [6.07, 6.45) is -0.808. The van der Waals surface area contributed by atoms with Gasteiger partial charge in [0.25, 0.3) is 5.69 Å². The van der Waals surface area contributed by atoms with E-state index < -0.39 is 22.4 Å². The molecule has 4 rings (SSSR count). The van der Waals surface area contributed by atoms with E-state index in [1.54, 1.807) is 4.90 Å². The molecule has 0 bridgehead atoms. The quantitative estimate of drug-likeness (QED) is 0.344. The van der Waals surface area contributed by atoms with Gasteiger partial charge < -0.3 is 15.1 Å². The molecule has 2 saturated heterocycles. The Balaban J connectivity index is 0.00000380. The van der Waals surface area contributed by atoms with Crippen LogP contribution in [0.3, 0.4) is 0 Å². The molecule has 7 nitrogen and oxygen atoms in total. The van der Waals surface area contributed by atoms with Crippen LogP contribution in [-0.4, -0.2) is 48.0 Å². The molecule has 1 N–H and O–H groups in total. The third-order valence-corrected chi connectivity index (χ3v) is 7.19. The summed E-state index contributed by atoms with van der Waals surface area (Å²) in [5, 5.41) is 14.0. The normalized spacial score (nSPS) is 18.4. The number of rotatable bonds is 7. The van der Waals surface area contributed by atoms with Gasteiger partial charge in [0.1, 0.15) is 5.56 Å². The minimum absolute atomic E-state index is 0. The van der Waals surface area contributed by atoms with E-state index in [4.69, 9.17) is 0 Å². The molecule has 1 amide bonds. The van der Waals surface area contributed by atoms with Crippen LogP contribution in [0.2, 0.25) is 0 Å². The van der Waals surface area contributed by atoms with E-state index >= 15 is 0 Å². The van der Waals surface area contributed by atoms with Gasteiger partial charge >= 0.3 is 6.18 Å². The molecule has 0 radical (unpaired) electrons. The van der Waals surface area contributed by atoms with Crippen LogP contribution in [0, 0.1) is 23.0 Å². The lowest BCUT2D eigenvalue weighted by Gasteiger charge is -2.34. The predicted molar refractivity (Wildman–Crippen MR) is 139 cm³/mol. The Morgan fingerprint density at radius 2 is 1.76 bits per heavy atom. The Morgan fingerprint density at radius 3 is 2.38 bits per heavy atom. The molecule has 2 fully saturated rings. The van der Waals surface area contributed by atoms with Crippen molar-refractivity contribution in [2.24, 2.45) is 5.92 Å². The standard InChI is InChI=1S/C26H31F3N4O3.CH4/c1-18-2-6-22(7-3-18)31-13-10-19(11-14-31)4-9-25(34)32-15-12-21(17-32)30-20-5-8-24(33(35)36)23(16-20)26(27,28)29;/h2-3,5-8,16,19,21,30H,4,9-15,17H2,1H3;1H4/t21-;/m0./s1. The second kappa shape index (κ2) is 11.8. The number of likely N-dealkylation sites (tertiary alicyclic amines) is 1. The predicted octanol–water partition coefficient (Wildman–Crippen LogP) is 6.27. The molecule has 1 atom stereocenters. The summed E-state index contributed by atoms with van der Waals surface area (Å²) < 4.78 is 39.7. The summed E-state index contributed by atoms with van der Waals surface area (Å²) in [6.45, 7) is 4.98. The fourth-order valence-corrected chi connectivity index (χ4v) is 5.07. The molecule has 2 aromatic carbocycles. The number of nitrogens with zero attached hydrogens (tertiary/aromatic N) is 3. The van der Waals surface area contributed by atoms with Gasteiger partial charge in [-0.2, -0.15) is 13.2 Å². The fraction of sp³-hybridized carbons (Fsp3) is 0.519. The highest BCUT2D eigenvalue weighted by Crippen LogP contribution is 2.38. The number of nitrogens with one attached hydrogen (secondary N) is 1. The van der Waals surface area contributed by atoms with E-state index in [0.29, 0.717) is 31.8 Å². The largest absolute Gasteiger partial charge is 0.423 e. The number of benzene rings is 2. The van der Waals surface area contributed by atoms with Crippen molar-refractivity contribution in [3.8, 4) is 0 Å². The second-order valence-corrected chi connectivity index (χ2v) is 9.76. The zero-order chi connectivity index (χ0) is 25.9. The summed E-state index contributed by atoms with van der Waals surface area (Å²) in [5.41, 5.74) is 0.386. The number of hydrogen-bond donors (Lipinski definition) is 1. The maximum Gasteiger partial charge on any atom is 0.423 e. The van der Waals surface area contributed by atoms with Gasteiger partial charge in [-0.1, -0.05) is 25.1 Å². The molecule has 2 heterocycles. The van der Waals surface area contributed by atoms with Crippen molar-refractivity contribution in [1.82, 2.24) is 4.90 Å². The first-order chi connectivity index (χ1) is 17.1. The highest BCUT2D eigenvalue weighted by atomic mass is 19.4. The summed E-state index contributed by atoms with van der Waals surface area (Å²) in [5.74, 6) is 0.577. The van der Waals surface area contributed by atoms with Crippen molar-refractivity contribution in [3.05, 3.63) is 63.7 Å². The molecule has 0 aliphatic carbocycles. The molecule has 0 unspecified atom stereocenters. The zero-order valence-corrected chi connectivity index (χ0v) is 20.3. The van der Waals surface area contributed by atoms with Crippen LogP contribution in [0.25, 0.3) is 0 Å². The molecule has 37 heavy (non-hydrogen) atoms. The highest BCUT2D eigenvalue weighted by molar-refractivity contribution is 5.76. The minimum Gasteiger partial charge on any atom is -0.380 e. The second-order valence-electron chi connectivity index (χ2n) is 9.76. The molecule has 0 saturated carbocycles. The molecule has 2 aliphatic heterocycles. The van der Waals surface area contributed by atoms with Gasteiger partial charge in [0.15, 0.2) is 0 Å². The van der Waals surface area contributed by atoms with Crippen LogP contribution < -0.4 is 10.2 Å². The molecule has 0 spiro atoms. The Labute approximate surface area is 215 Å². The van der Waals surface area contributed by atoms with Crippen molar-refractivity contribution < 1.29 is 22.9 Å². The van der Waals surface area contributed by atoms with Gasteiger partial charge in [-0.3, -0.25) is 14.9 Å². The van der Waals surface area contributed by atoms with E-state index in [1.165, 1.54) is 17.3 Å². The number of carbonyl (C=O) groups excluding carboxylic acids is 1. The van der Waals surface area contributed by atoms with Crippen molar-refractivity contribution in [1.29, 1.82) is 0 Å². The average Bonchev–Trinajstić information content (AvgIpc) is 3.31. The Kier molecular flexibility index (Phi) is 9.04. The van der Waals surface area contributed by atoms with E-state index in [0.717, 1.165) is 44.5 Å². The first-order valence-electron chi connectivity index (χ1n) is 12.3. The lowest BCUT2D eigenvalue weighted by molar-refractivity contribution is -0.388.